The molecule has 0 amide bonds. The second-order valence-electron chi connectivity index (χ2n) is 14.7. The van der Waals surface area contributed by atoms with Crippen molar-refractivity contribution in [1.82, 2.24) is 0 Å². The Hall–Kier alpha value is -7.48. The number of benzene rings is 11. The minimum absolute atomic E-state index is 0.194. The molecule has 264 valence electrons. The SMILES string of the molecule is [2H]c1c([2H])c([2H])c(-c2c3ccccc3c(-c3cc4cc(-c5ccc6oc7cccc(-c8ccc9ccccc9c8[2H])c7c6c5)ccc4c4ccccc34)c3ccccc23)c([2H])c1[2H]. The van der Waals surface area contributed by atoms with Gasteiger partial charge in [0.1, 0.15) is 11.2 Å². The molecule has 1 nitrogen and oxygen atoms in total. The minimum Gasteiger partial charge on any atom is -0.456 e. The van der Waals surface area contributed by atoms with Crippen molar-refractivity contribution < 1.29 is 12.6 Å². The van der Waals surface area contributed by atoms with Gasteiger partial charge >= 0.3 is 0 Å². The zero-order valence-corrected chi connectivity index (χ0v) is 30.6. The van der Waals surface area contributed by atoms with E-state index in [0.29, 0.717) is 11.6 Å². The molecular formula is C56H34O. The standard InChI is InChI=1S/C56H34O/c1-2-14-36(15-3-1)54-46-19-8-10-21-48(46)55(49-22-11-9-20-47(49)54)50-34-41-32-38(27-29-42(41)44-17-6-7-18-45(44)50)39-28-30-52-51(33-39)56-43(23-12-24-53(56)57-52)40-26-25-35-13-4-5-16-37(35)31-40/h1-34H/i1D,2D,3D,14D,15D,31D. The van der Waals surface area contributed by atoms with Crippen LogP contribution in [0.2, 0.25) is 0 Å². The Kier molecular flexibility index (Phi) is 5.79. The highest BCUT2D eigenvalue weighted by molar-refractivity contribution is 6.26. The molecule has 0 saturated heterocycles. The van der Waals surface area contributed by atoms with Gasteiger partial charge in [-0.3, -0.25) is 0 Å². The highest BCUT2D eigenvalue weighted by Gasteiger charge is 2.20. The topological polar surface area (TPSA) is 13.1 Å². The fourth-order valence-corrected chi connectivity index (χ4v) is 9.07. The van der Waals surface area contributed by atoms with E-state index >= 15 is 0 Å². The van der Waals surface area contributed by atoms with E-state index < -0.39 is 6.04 Å². The summed E-state index contributed by atoms with van der Waals surface area (Å²) in [6, 6.07) is 57.0. The molecule has 0 saturated carbocycles. The molecule has 0 radical (unpaired) electrons. The summed E-state index contributed by atoms with van der Waals surface area (Å²) in [6.07, 6.45) is 0. The second-order valence-corrected chi connectivity index (χ2v) is 14.7. The van der Waals surface area contributed by atoms with E-state index in [4.69, 9.17) is 11.3 Å². The lowest BCUT2D eigenvalue weighted by Gasteiger charge is -2.19. The normalized spacial score (nSPS) is 13.3. The predicted octanol–water partition coefficient (Wildman–Crippen LogP) is 16.0. The molecule has 0 N–H and O–H groups in total. The van der Waals surface area contributed by atoms with Crippen LogP contribution in [0.15, 0.2) is 211 Å². The summed E-state index contributed by atoms with van der Waals surface area (Å²) in [6.45, 7) is 0. The maximum absolute atomic E-state index is 9.22. The van der Waals surface area contributed by atoms with Crippen LogP contribution in [-0.4, -0.2) is 0 Å². The lowest BCUT2D eigenvalue weighted by atomic mass is 9.83. The monoisotopic (exact) mass is 728 g/mol. The maximum atomic E-state index is 9.22. The summed E-state index contributed by atoms with van der Waals surface area (Å²) in [5, 5.41) is 11.8. The van der Waals surface area contributed by atoms with Crippen LogP contribution < -0.4 is 0 Å². The lowest BCUT2D eigenvalue weighted by Crippen LogP contribution is -1.92. The Morgan fingerprint density at radius 2 is 0.965 bits per heavy atom. The summed E-state index contributed by atoms with van der Waals surface area (Å²) in [4.78, 5) is 0. The van der Waals surface area contributed by atoms with Gasteiger partial charge in [-0.2, -0.15) is 0 Å². The van der Waals surface area contributed by atoms with Gasteiger partial charge in [-0.15, -0.1) is 0 Å². The van der Waals surface area contributed by atoms with Gasteiger partial charge in [-0.05, 0) is 135 Å². The van der Waals surface area contributed by atoms with Crippen molar-refractivity contribution in [2.75, 3.05) is 0 Å². The van der Waals surface area contributed by atoms with Crippen molar-refractivity contribution in [2.24, 2.45) is 0 Å². The van der Waals surface area contributed by atoms with Gasteiger partial charge in [0, 0.05) is 10.8 Å². The van der Waals surface area contributed by atoms with Crippen LogP contribution in [0.5, 0.6) is 0 Å². The number of hydrogen-bond donors (Lipinski definition) is 0. The minimum atomic E-state index is -0.410. The van der Waals surface area contributed by atoms with Crippen LogP contribution in [0.25, 0.3) is 120 Å². The number of fused-ring (bicyclic) bond motifs is 9. The number of hydrogen-bond acceptors (Lipinski definition) is 1. The number of rotatable bonds is 4. The molecule has 0 spiro atoms. The molecular weight excluding hydrogens is 689 g/mol. The molecule has 0 atom stereocenters. The van der Waals surface area contributed by atoms with Gasteiger partial charge in [-0.25, -0.2) is 0 Å². The van der Waals surface area contributed by atoms with Gasteiger partial charge < -0.3 is 4.42 Å². The summed E-state index contributed by atoms with van der Waals surface area (Å²) >= 11 is 0. The lowest BCUT2D eigenvalue weighted by molar-refractivity contribution is 0.669. The zero-order chi connectivity index (χ0) is 42.7. The Morgan fingerprint density at radius 3 is 1.74 bits per heavy atom. The molecule has 0 aliphatic carbocycles. The van der Waals surface area contributed by atoms with Gasteiger partial charge in [0.15, 0.2) is 0 Å². The molecule has 0 fully saturated rings. The summed E-state index contributed by atoms with van der Waals surface area (Å²) in [5.41, 5.74) is 8.35. The Labute approximate surface area is 338 Å². The number of furan rings is 1. The molecule has 57 heavy (non-hydrogen) atoms. The van der Waals surface area contributed by atoms with Crippen LogP contribution in [0.1, 0.15) is 8.22 Å². The van der Waals surface area contributed by atoms with Gasteiger partial charge in [-0.1, -0.05) is 170 Å². The largest absolute Gasteiger partial charge is 0.456 e. The highest BCUT2D eigenvalue weighted by Crippen LogP contribution is 2.47. The van der Waals surface area contributed by atoms with Gasteiger partial charge in [0.05, 0.1) is 8.22 Å². The fourth-order valence-electron chi connectivity index (χ4n) is 9.07. The van der Waals surface area contributed by atoms with Crippen LogP contribution in [0.4, 0.5) is 0 Å². The van der Waals surface area contributed by atoms with Crippen molar-refractivity contribution in [2.45, 2.75) is 0 Å². The first kappa shape index (κ1) is 26.3. The molecule has 0 aliphatic rings. The fraction of sp³-hybridized carbons (Fsp3) is 0. The van der Waals surface area contributed by atoms with Crippen molar-refractivity contribution >= 4 is 75.8 Å². The van der Waals surface area contributed by atoms with Crippen molar-refractivity contribution in [3.8, 4) is 44.5 Å². The molecule has 0 unspecified atom stereocenters. The first-order valence-electron chi connectivity index (χ1n) is 22.2. The van der Waals surface area contributed by atoms with E-state index in [2.05, 4.69) is 84.9 Å². The molecule has 1 heterocycles. The van der Waals surface area contributed by atoms with E-state index in [-0.39, 0.29) is 29.7 Å². The molecule has 0 bridgehead atoms. The van der Waals surface area contributed by atoms with Gasteiger partial charge in [0.2, 0.25) is 0 Å². The molecule has 12 aromatic rings. The average Bonchev–Trinajstić information content (AvgIpc) is 3.71. The van der Waals surface area contributed by atoms with E-state index in [1.807, 2.05) is 84.9 Å². The van der Waals surface area contributed by atoms with Crippen molar-refractivity contribution in [1.29, 1.82) is 0 Å². The summed E-state index contributed by atoms with van der Waals surface area (Å²) in [7, 11) is 0. The van der Waals surface area contributed by atoms with Gasteiger partial charge in [0.25, 0.3) is 0 Å². The maximum Gasteiger partial charge on any atom is 0.136 e. The Bertz CT molecular complexity index is 3850. The van der Waals surface area contributed by atoms with Crippen LogP contribution in [0, 0.1) is 0 Å². The third kappa shape index (κ3) is 4.96. The predicted molar refractivity (Wildman–Crippen MR) is 243 cm³/mol. The highest BCUT2D eigenvalue weighted by atomic mass is 16.3. The third-order valence-corrected chi connectivity index (χ3v) is 11.6. The van der Waals surface area contributed by atoms with Crippen LogP contribution >= 0.6 is 0 Å². The summed E-state index contributed by atoms with van der Waals surface area (Å²) in [5.74, 6) is 0. The van der Waals surface area contributed by atoms with E-state index in [1.54, 1.807) is 0 Å². The van der Waals surface area contributed by atoms with E-state index in [0.717, 1.165) is 109 Å². The average molecular weight is 729 g/mol. The van der Waals surface area contributed by atoms with Crippen LogP contribution in [-0.2, 0) is 0 Å². The molecule has 1 aromatic heterocycles. The smallest absolute Gasteiger partial charge is 0.136 e. The van der Waals surface area contributed by atoms with E-state index in [9.17, 15) is 1.37 Å². The first-order valence-corrected chi connectivity index (χ1v) is 19.2. The third-order valence-electron chi connectivity index (χ3n) is 11.6. The van der Waals surface area contributed by atoms with Crippen molar-refractivity contribution in [3.63, 3.8) is 0 Å². The first-order chi connectivity index (χ1) is 30.8. The molecule has 12 rings (SSSR count). The van der Waals surface area contributed by atoms with Crippen LogP contribution in [0.3, 0.4) is 0 Å². The zero-order valence-electron chi connectivity index (χ0n) is 36.6. The molecule has 11 aromatic carbocycles. The van der Waals surface area contributed by atoms with E-state index in [1.165, 1.54) is 0 Å². The molecule has 1 heteroatoms. The summed E-state index contributed by atoms with van der Waals surface area (Å²) < 4.78 is 59.1. The Balaban J connectivity index is 1.09. The Morgan fingerprint density at radius 1 is 0.333 bits per heavy atom. The quantitative estimate of drug-likeness (QED) is 0.130. The molecule has 0 aliphatic heterocycles. The second kappa shape index (κ2) is 12.5. The van der Waals surface area contributed by atoms with Crippen molar-refractivity contribution in [3.05, 3.63) is 206 Å².